The Kier molecular flexibility index (Phi) is 8.35. The van der Waals surface area contributed by atoms with Crippen LogP contribution in [0.25, 0.3) is 0 Å². The maximum Gasteiger partial charge on any atom is 0.387 e. The molecule has 2 rings (SSSR count). The summed E-state index contributed by atoms with van der Waals surface area (Å²) >= 11 is 6.01. The molecule has 9 heteroatoms. The van der Waals surface area contributed by atoms with Crippen LogP contribution in [0, 0.1) is 6.92 Å². The average Bonchev–Trinajstić information content (AvgIpc) is 2.65. The van der Waals surface area contributed by atoms with Gasteiger partial charge in [0.05, 0.1) is 13.1 Å². The molecule has 2 N–H and O–H groups in total. The van der Waals surface area contributed by atoms with E-state index in [4.69, 9.17) is 11.6 Å². The van der Waals surface area contributed by atoms with Crippen molar-refractivity contribution in [2.45, 2.75) is 20.1 Å². The Morgan fingerprint density at radius 1 is 1.14 bits per heavy atom. The highest BCUT2D eigenvalue weighted by Crippen LogP contribution is 2.22. The summed E-state index contributed by atoms with van der Waals surface area (Å²) < 4.78 is 28.6. The molecule has 2 aromatic rings. The maximum atomic E-state index is 12.2. The molecule has 0 aliphatic carbocycles. The second kappa shape index (κ2) is 10.7. The highest BCUT2D eigenvalue weighted by atomic mass is 35.5. The number of alkyl halides is 2. The molecule has 0 atom stereocenters. The Bertz CT molecular complexity index is 847. The molecule has 0 aromatic heterocycles. The number of hydrogen-bond donors (Lipinski definition) is 2. The van der Waals surface area contributed by atoms with Crippen LogP contribution < -0.4 is 15.4 Å². The molecule has 0 saturated heterocycles. The number of amides is 2. The van der Waals surface area contributed by atoms with E-state index < -0.39 is 6.61 Å². The second-order valence-electron chi connectivity index (χ2n) is 6.43. The maximum absolute atomic E-state index is 12.2. The van der Waals surface area contributed by atoms with E-state index in [1.807, 2.05) is 0 Å². The summed E-state index contributed by atoms with van der Waals surface area (Å²) in [6.45, 7) is -0.752. The van der Waals surface area contributed by atoms with E-state index in [-0.39, 0.29) is 30.7 Å². The zero-order valence-corrected chi connectivity index (χ0v) is 16.8. The molecule has 156 valence electrons. The van der Waals surface area contributed by atoms with Gasteiger partial charge in [-0.1, -0.05) is 29.8 Å². The van der Waals surface area contributed by atoms with Crippen LogP contribution in [-0.4, -0.2) is 43.5 Å². The first-order valence-corrected chi connectivity index (χ1v) is 9.16. The summed E-state index contributed by atoms with van der Waals surface area (Å²) in [7, 11) is 1.73. The van der Waals surface area contributed by atoms with Gasteiger partial charge in [0.1, 0.15) is 5.75 Å². The standard InChI is InChI=1S/C20H22ClF2N3O3/c1-13-16(21)4-3-5-17(13)25-18(27)10-24-19(28)12-26(2)11-14-6-8-15(9-7-14)29-20(22)23/h3-9,20H,10-12H2,1-2H3,(H,24,28)(H,25,27). The van der Waals surface area contributed by atoms with Crippen molar-refractivity contribution >= 4 is 29.1 Å². The quantitative estimate of drug-likeness (QED) is 0.645. The Morgan fingerprint density at radius 3 is 2.48 bits per heavy atom. The zero-order chi connectivity index (χ0) is 21.4. The first-order valence-electron chi connectivity index (χ1n) is 8.78. The molecule has 0 bridgehead atoms. The van der Waals surface area contributed by atoms with Gasteiger partial charge < -0.3 is 15.4 Å². The van der Waals surface area contributed by atoms with Gasteiger partial charge in [-0.2, -0.15) is 8.78 Å². The largest absolute Gasteiger partial charge is 0.435 e. The molecule has 29 heavy (non-hydrogen) atoms. The van der Waals surface area contributed by atoms with E-state index in [0.717, 1.165) is 11.1 Å². The van der Waals surface area contributed by atoms with E-state index >= 15 is 0 Å². The molecular formula is C20H22ClF2N3O3. The fraction of sp³-hybridized carbons (Fsp3) is 0.300. The van der Waals surface area contributed by atoms with Crippen LogP contribution in [0.4, 0.5) is 14.5 Å². The van der Waals surface area contributed by atoms with Crippen molar-refractivity contribution in [1.82, 2.24) is 10.2 Å². The summed E-state index contributed by atoms with van der Waals surface area (Å²) in [4.78, 5) is 25.8. The lowest BCUT2D eigenvalue weighted by molar-refractivity contribution is -0.124. The molecule has 0 unspecified atom stereocenters. The average molecular weight is 426 g/mol. The van der Waals surface area contributed by atoms with E-state index in [1.165, 1.54) is 12.1 Å². The Balaban J connectivity index is 1.75. The number of nitrogens with one attached hydrogen (secondary N) is 2. The Hall–Kier alpha value is -2.71. The van der Waals surface area contributed by atoms with Crippen LogP contribution in [0.2, 0.25) is 5.02 Å². The predicted molar refractivity (Wildman–Crippen MR) is 107 cm³/mol. The van der Waals surface area contributed by atoms with Gasteiger partial charge in [-0.15, -0.1) is 0 Å². The van der Waals surface area contributed by atoms with Crippen molar-refractivity contribution in [1.29, 1.82) is 0 Å². The fourth-order valence-corrected chi connectivity index (χ4v) is 2.74. The number of anilines is 1. The zero-order valence-electron chi connectivity index (χ0n) is 16.0. The van der Waals surface area contributed by atoms with Gasteiger partial charge in [0.15, 0.2) is 0 Å². The third-order valence-electron chi connectivity index (χ3n) is 4.00. The first kappa shape index (κ1) is 22.6. The van der Waals surface area contributed by atoms with E-state index in [0.29, 0.717) is 17.3 Å². The predicted octanol–water partition coefficient (Wildman–Crippen LogP) is 3.44. The molecule has 0 aliphatic heterocycles. The molecule has 0 fully saturated rings. The lowest BCUT2D eigenvalue weighted by atomic mass is 10.2. The smallest absolute Gasteiger partial charge is 0.387 e. The van der Waals surface area contributed by atoms with Crippen LogP contribution in [-0.2, 0) is 16.1 Å². The Morgan fingerprint density at radius 2 is 1.83 bits per heavy atom. The number of benzene rings is 2. The number of carbonyl (C=O) groups excluding carboxylic acids is 2. The summed E-state index contributed by atoms with van der Waals surface area (Å²) in [5.41, 5.74) is 2.17. The lowest BCUT2D eigenvalue weighted by Crippen LogP contribution is -2.39. The normalized spacial score (nSPS) is 10.9. The molecule has 0 heterocycles. The number of likely N-dealkylation sites (N-methyl/N-ethyl adjacent to an activating group) is 1. The summed E-state index contributed by atoms with van der Waals surface area (Å²) in [6.07, 6.45) is 0. The molecule has 2 amide bonds. The van der Waals surface area contributed by atoms with Crippen molar-refractivity contribution in [3.8, 4) is 5.75 Å². The van der Waals surface area contributed by atoms with E-state index in [1.54, 1.807) is 49.2 Å². The number of ether oxygens (including phenoxy) is 1. The molecule has 2 aromatic carbocycles. The number of rotatable bonds is 9. The van der Waals surface area contributed by atoms with Crippen molar-refractivity contribution in [2.75, 3.05) is 25.5 Å². The van der Waals surface area contributed by atoms with Crippen LogP contribution in [0.15, 0.2) is 42.5 Å². The number of carbonyl (C=O) groups is 2. The monoisotopic (exact) mass is 425 g/mol. The highest BCUT2D eigenvalue weighted by molar-refractivity contribution is 6.31. The minimum atomic E-state index is -2.87. The van der Waals surface area contributed by atoms with Crippen LogP contribution >= 0.6 is 11.6 Å². The van der Waals surface area contributed by atoms with Gasteiger partial charge in [-0.05, 0) is 49.4 Å². The van der Waals surface area contributed by atoms with Crippen molar-refractivity contribution in [3.63, 3.8) is 0 Å². The summed E-state index contributed by atoms with van der Waals surface area (Å²) in [5, 5.41) is 5.80. The van der Waals surface area contributed by atoms with E-state index in [2.05, 4.69) is 15.4 Å². The highest BCUT2D eigenvalue weighted by Gasteiger charge is 2.11. The van der Waals surface area contributed by atoms with Crippen molar-refractivity contribution in [2.24, 2.45) is 0 Å². The molecule has 6 nitrogen and oxygen atoms in total. The minimum Gasteiger partial charge on any atom is -0.435 e. The molecular weight excluding hydrogens is 404 g/mol. The number of hydrogen-bond acceptors (Lipinski definition) is 4. The van der Waals surface area contributed by atoms with Gasteiger partial charge >= 0.3 is 6.61 Å². The van der Waals surface area contributed by atoms with Crippen LogP contribution in [0.3, 0.4) is 0 Å². The fourth-order valence-electron chi connectivity index (χ4n) is 2.56. The summed E-state index contributed by atoms with van der Waals surface area (Å²) in [5.74, 6) is -0.603. The molecule has 0 radical (unpaired) electrons. The number of nitrogens with zero attached hydrogens (tertiary/aromatic N) is 1. The van der Waals surface area contributed by atoms with Gasteiger partial charge in [-0.3, -0.25) is 14.5 Å². The summed E-state index contributed by atoms with van der Waals surface area (Å²) in [6, 6.07) is 11.4. The number of halogens is 3. The molecule has 0 aliphatic rings. The van der Waals surface area contributed by atoms with Crippen molar-refractivity contribution in [3.05, 3.63) is 58.6 Å². The van der Waals surface area contributed by atoms with Crippen molar-refractivity contribution < 1.29 is 23.1 Å². The van der Waals surface area contributed by atoms with Crippen LogP contribution in [0.5, 0.6) is 5.75 Å². The second-order valence-corrected chi connectivity index (χ2v) is 6.84. The molecule has 0 saturated carbocycles. The third kappa shape index (κ3) is 7.67. The third-order valence-corrected chi connectivity index (χ3v) is 4.41. The first-order chi connectivity index (χ1) is 13.7. The van der Waals surface area contributed by atoms with Gasteiger partial charge in [0, 0.05) is 17.3 Å². The Labute approximate surface area is 172 Å². The van der Waals surface area contributed by atoms with Gasteiger partial charge in [0.25, 0.3) is 0 Å². The minimum absolute atomic E-state index is 0.0682. The molecule has 0 spiro atoms. The SMILES string of the molecule is Cc1c(Cl)cccc1NC(=O)CNC(=O)CN(C)Cc1ccc(OC(F)F)cc1. The van der Waals surface area contributed by atoms with Gasteiger partial charge in [-0.25, -0.2) is 0 Å². The van der Waals surface area contributed by atoms with E-state index in [9.17, 15) is 18.4 Å². The van der Waals surface area contributed by atoms with Crippen LogP contribution in [0.1, 0.15) is 11.1 Å². The lowest BCUT2D eigenvalue weighted by Gasteiger charge is -2.17. The topological polar surface area (TPSA) is 70.7 Å². The van der Waals surface area contributed by atoms with Gasteiger partial charge in [0.2, 0.25) is 11.8 Å².